The topological polar surface area (TPSA) is 55.3 Å². The van der Waals surface area contributed by atoms with Gasteiger partial charge >= 0.3 is 6.18 Å². The lowest BCUT2D eigenvalue weighted by molar-refractivity contribution is -0.163. The third kappa shape index (κ3) is 4.87. The van der Waals surface area contributed by atoms with Crippen molar-refractivity contribution in [3.8, 4) is 5.88 Å². The maximum Gasteiger partial charge on any atom is 0.397 e. The van der Waals surface area contributed by atoms with Crippen LogP contribution in [-0.4, -0.2) is 46.4 Å². The molecule has 5 nitrogen and oxygen atoms in total. The number of hydrogen-bond acceptors (Lipinski definition) is 4. The normalized spacial score (nSPS) is 19.4. The number of aryl methyl sites for hydroxylation is 1. The van der Waals surface area contributed by atoms with E-state index in [1.165, 1.54) is 4.90 Å². The molecule has 0 aliphatic carbocycles. The highest BCUT2D eigenvalue weighted by Crippen LogP contribution is 2.23. The number of amides is 1. The maximum absolute atomic E-state index is 12.2. The fourth-order valence-electron chi connectivity index (χ4n) is 2.16. The van der Waals surface area contributed by atoms with E-state index in [1.807, 2.05) is 0 Å². The number of carbonyl (C=O) groups excluding carboxylic acids is 1. The Hall–Kier alpha value is -1.86. The first-order valence-electron chi connectivity index (χ1n) is 6.65. The summed E-state index contributed by atoms with van der Waals surface area (Å²) in [6.07, 6.45) is -4.98. The highest BCUT2D eigenvalue weighted by Gasteiger charge is 2.35. The van der Waals surface area contributed by atoms with Gasteiger partial charge in [-0.25, -0.2) is 0 Å². The van der Waals surface area contributed by atoms with Gasteiger partial charge in [0, 0.05) is 12.6 Å². The van der Waals surface area contributed by atoms with Crippen molar-refractivity contribution < 1.29 is 22.7 Å². The summed E-state index contributed by atoms with van der Waals surface area (Å²) in [5.41, 5.74) is 0.743. The van der Waals surface area contributed by atoms with Crippen molar-refractivity contribution in [2.24, 2.45) is 0 Å². The van der Waals surface area contributed by atoms with Gasteiger partial charge in [-0.05, 0) is 25.8 Å². The van der Waals surface area contributed by atoms with Gasteiger partial charge in [0.1, 0.15) is 12.5 Å². The Kier molecular flexibility index (Phi) is 4.64. The molecule has 1 aromatic rings. The lowest BCUT2D eigenvalue weighted by atomic mass is 10.1. The molecule has 8 heteroatoms. The molecule has 0 aromatic carbocycles. The summed E-state index contributed by atoms with van der Waals surface area (Å²) in [6.45, 7) is 2.26. The van der Waals surface area contributed by atoms with E-state index in [1.54, 1.807) is 19.1 Å². The van der Waals surface area contributed by atoms with Crippen molar-refractivity contribution in [2.75, 3.05) is 13.1 Å². The zero-order valence-corrected chi connectivity index (χ0v) is 11.6. The molecule has 1 unspecified atom stereocenters. The van der Waals surface area contributed by atoms with Gasteiger partial charge in [-0.2, -0.15) is 18.3 Å². The van der Waals surface area contributed by atoms with Gasteiger partial charge in [-0.15, -0.1) is 5.10 Å². The van der Waals surface area contributed by atoms with Gasteiger partial charge in [0.05, 0.1) is 12.2 Å². The average Bonchev–Trinajstić information content (AvgIpc) is 2.40. The summed E-state index contributed by atoms with van der Waals surface area (Å²) in [6, 6.07) is 3.39. The number of ether oxygens (including phenoxy) is 1. The van der Waals surface area contributed by atoms with Crippen molar-refractivity contribution in [2.45, 2.75) is 38.5 Å². The highest BCUT2D eigenvalue weighted by atomic mass is 19.4. The zero-order valence-electron chi connectivity index (χ0n) is 11.6. The van der Waals surface area contributed by atoms with Crippen molar-refractivity contribution in [3.63, 3.8) is 0 Å². The Morgan fingerprint density at radius 1 is 1.43 bits per heavy atom. The predicted octanol–water partition coefficient (Wildman–Crippen LogP) is 2.11. The van der Waals surface area contributed by atoms with Gasteiger partial charge in [0.15, 0.2) is 0 Å². The lowest BCUT2D eigenvalue weighted by Crippen LogP contribution is -2.45. The molecule has 2 heterocycles. The summed E-state index contributed by atoms with van der Waals surface area (Å²) >= 11 is 0. The van der Waals surface area contributed by atoms with Crippen LogP contribution in [0.2, 0.25) is 0 Å². The van der Waals surface area contributed by atoms with E-state index < -0.39 is 18.5 Å². The number of likely N-dealkylation sites (tertiary alicyclic amines) is 1. The first kappa shape index (κ1) is 15.5. The molecule has 0 radical (unpaired) electrons. The molecular weight excluding hydrogens is 287 g/mol. The largest absolute Gasteiger partial charge is 0.471 e. The molecule has 1 aromatic heterocycles. The van der Waals surface area contributed by atoms with E-state index in [0.29, 0.717) is 25.3 Å². The number of hydrogen-bond donors (Lipinski definition) is 0. The standard InChI is InChI=1S/C13H16F3N3O2/c1-9-4-5-11(18-17-9)21-10-3-2-6-19(8-10)12(20)7-13(14,15)16/h4-5,10H,2-3,6-8H2,1H3. The second-order valence-corrected chi connectivity index (χ2v) is 5.03. The summed E-state index contributed by atoms with van der Waals surface area (Å²) in [5, 5.41) is 7.69. The van der Waals surface area contributed by atoms with E-state index in [0.717, 1.165) is 5.69 Å². The highest BCUT2D eigenvalue weighted by molar-refractivity contribution is 5.77. The van der Waals surface area contributed by atoms with E-state index in [9.17, 15) is 18.0 Å². The number of nitrogens with zero attached hydrogens (tertiary/aromatic N) is 3. The predicted molar refractivity (Wildman–Crippen MR) is 67.7 cm³/mol. The zero-order chi connectivity index (χ0) is 15.5. The minimum absolute atomic E-state index is 0.143. The van der Waals surface area contributed by atoms with Crippen LogP contribution in [0.5, 0.6) is 5.88 Å². The fraction of sp³-hybridized carbons (Fsp3) is 0.615. The number of halogens is 3. The van der Waals surface area contributed by atoms with Gasteiger partial charge in [0.2, 0.25) is 11.8 Å². The molecule has 1 aliphatic heterocycles. The Labute approximate surface area is 120 Å². The molecule has 1 amide bonds. The molecular formula is C13H16F3N3O2. The van der Waals surface area contributed by atoms with Crippen LogP contribution in [0.25, 0.3) is 0 Å². The minimum atomic E-state index is -4.48. The van der Waals surface area contributed by atoms with Crippen LogP contribution < -0.4 is 4.74 Å². The molecule has 0 bridgehead atoms. The van der Waals surface area contributed by atoms with E-state index in [4.69, 9.17) is 4.74 Å². The van der Waals surface area contributed by atoms with Gasteiger partial charge < -0.3 is 9.64 Å². The SMILES string of the molecule is Cc1ccc(OC2CCCN(C(=O)CC(F)(F)F)C2)nn1. The van der Waals surface area contributed by atoms with Crippen molar-refractivity contribution in [1.29, 1.82) is 0 Å². The second-order valence-electron chi connectivity index (χ2n) is 5.03. The van der Waals surface area contributed by atoms with E-state index in [2.05, 4.69) is 10.2 Å². The Balaban J connectivity index is 1.91. The molecule has 1 fully saturated rings. The fourth-order valence-corrected chi connectivity index (χ4v) is 2.16. The Morgan fingerprint density at radius 2 is 2.19 bits per heavy atom. The molecule has 1 aliphatic rings. The maximum atomic E-state index is 12.2. The van der Waals surface area contributed by atoms with Crippen LogP contribution in [0.15, 0.2) is 12.1 Å². The summed E-state index contributed by atoms with van der Waals surface area (Å²) in [7, 11) is 0. The van der Waals surface area contributed by atoms with Crippen molar-refractivity contribution in [3.05, 3.63) is 17.8 Å². The van der Waals surface area contributed by atoms with Crippen LogP contribution in [0.1, 0.15) is 25.0 Å². The molecule has 1 atom stereocenters. The third-order valence-electron chi connectivity index (χ3n) is 3.14. The number of carbonyl (C=O) groups is 1. The molecule has 0 N–H and O–H groups in total. The van der Waals surface area contributed by atoms with Crippen molar-refractivity contribution >= 4 is 5.91 Å². The number of piperidine rings is 1. The summed E-state index contributed by atoms with van der Waals surface area (Å²) < 4.78 is 42.3. The molecule has 0 saturated carbocycles. The summed E-state index contributed by atoms with van der Waals surface area (Å²) in [5.74, 6) is -0.596. The van der Waals surface area contributed by atoms with Gasteiger partial charge in [0.25, 0.3) is 0 Å². The quantitative estimate of drug-likeness (QED) is 0.858. The first-order valence-corrected chi connectivity index (χ1v) is 6.65. The third-order valence-corrected chi connectivity index (χ3v) is 3.14. The number of rotatable bonds is 3. The number of aromatic nitrogens is 2. The first-order chi connectivity index (χ1) is 9.83. The second kappa shape index (κ2) is 6.28. The molecule has 21 heavy (non-hydrogen) atoms. The van der Waals surface area contributed by atoms with Crippen LogP contribution >= 0.6 is 0 Å². The smallest absolute Gasteiger partial charge is 0.397 e. The average molecular weight is 303 g/mol. The number of alkyl halides is 3. The molecule has 2 rings (SSSR count). The molecule has 0 spiro atoms. The molecule has 1 saturated heterocycles. The minimum Gasteiger partial charge on any atom is -0.471 e. The van der Waals surface area contributed by atoms with Crippen LogP contribution in [0.3, 0.4) is 0 Å². The lowest BCUT2D eigenvalue weighted by Gasteiger charge is -2.32. The molecule has 116 valence electrons. The van der Waals surface area contributed by atoms with Crippen LogP contribution in [-0.2, 0) is 4.79 Å². The van der Waals surface area contributed by atoms with Gasteiger partial charge in [-0.3, -0.25) is 4.79 Å². The summed E-state index contributed by atoms with van der Waals surface area (Å²) in [4.78, 5) is 12.8. The Morgan fingerprint density at radius 3 is 2.81 bits per heavy atom. The van der Waals surface area contributed by atoms with E-state index >= 15 is 0 Å². The monoisotopic (exact) mass is 303 g/mol. The van der Waals surface area contributed by atoms with Gasteiger partial charge in [-0.1, -0.05) is 0 Å². The van der Waals surface area contributed by atoms with E-state index in [-0.39, 0.29) is 12.6 Å². The van der Waals surface area contributed by atoms with Crippen LogP contribution in [0.4, 0.5) is 13.2 Å². The Bertz CT molecular complexity index is 490. The van der Waals surface area contributed by atoms with Crippen molar-refractivity contribution in [1.82, 2.24) is 15.1 Å². The van der Waals surface area contributed by atoms with Crippen LogP contribution in [0, 0.1) is 6.92 Å².